The first-order chi connectivity index (χ1) is 9.56. The van der Waals surface area contributed by atoms with Crippen LogP contribution in [0.5, 0.6) is 0 Å². The van der Waals surface area contributed by atoms with Gasteiger partial charge in [0.25, 0.3) is 0 Å². The van der Waals surface area contributed by atoms with E-state index in [1.54, 1.807) is 12.1 Å². The molecule has 1 aliphatic heterocycles. The molecule has 0 bridgehead atoms. The minimum Gasteiger partial charge on any atom is -0.387 e. The lowest BCUT2D eigenvalue weighted by Crippen LogP contribution is -2.35. The maximum Gasteiger partial charge on any atom is 0.222 e. The van der Waals surface area contributed by atoms with Crippen molar-refractivity contribution in [2.45, 2.75) is 18.9 Å². The molecule has 4 nitrogen and oxygen atoms in total. The van der Waals surface area contributed by atoms with Crippen LogP contribution in [-0.4, -0.2) is 54.0 Å². The molecule has 0 aromatic heterocycles. The molecule has 1 fully saturated rings. The van der Waals surface area contributed by atoms with Crippen LogP contribution in [0, 0.1) is 5.82 Å². The number of carbonyl (C=O) groups is 1. The number of amides is 1. The summed E-state index contributed by atoms with van der Waals surface area (Å²) < 4.78 is 12.8. The van der Waals surface area contributed by atoms with Gasteiger partial charge in [0.05, 0.1) is 6.10 Å². The molecule has 1 amide bonds. The van der Waals surface area contributed by atoms with E-state index in [9.17, 15) is 14.3 Å². The van der Waals surface area contributed by atoms with Crippen LogP contribution in [0.2, 0.25) is 0 Å². The summed E-state index contributed by atoms with van der Waals surface area (Å²) in [5, 5.41) is 10.1. The molecule has 0 saturated carbocycles. The fourth-order valence-electron chi connectivity index (χ4n) is 2.41. The van der Waals surface area contributed by atoms with Gasteiger partial charge in [-0.15, -0.1) is 0 Å². The Labute approximate surface area is 118 Å². The lowest BCUT2D eigenvalue weighted by atomic mass is 10.1. The van der Waals surface area contributed by atoms with Gasteiger partial charge in [0.1, 0.15) is 5.82 Å². The number of benzene rings is 1. The van der Waals surface area contributed by atoms with E-state index in [0.29, 0.717) is 25.1 Å². The van der Waals surface area contributed by atoms with Crippen molar-refractivity contribution in [3.8, 4) is 0 Å². The molecule has 1 unspecified atom stereocenters. The van der Waals surface area contributed by atoms with E-state index in [0.717, 1.165) is 19.5 Å². The summed E-state index contributed by atoms with van der Waals surface area (Å²) in [6.45, 7) is 2.73. The van der Waals surface area contributed by atoms with Gasteiger partial charge in [0, 0.05) is 32.6 Å². The van der Waals surface area contributed by atoms with Crippen molar-refractivity contribution in [2.75, 3.05) is 33.2 Å². The van der Waals surface area contributed by atoms with Gasteiger partial charge in [-0.05, 0) is 31.2 Å². The quantitative estimate of drug-likeness (QED) is 0.857. The topological polar surface area (TPSA) is 43.8 Å². The summed E-state index contributed by atoms with van der Waals surface area (Å²) in [5.74, 6) is -0.0840. The molecular weight excluding hydrogens is 259 g/mol. The Morgan fingerprint density at radius 3 is 2.70 bits per heavy atom. The number of aliphatic hydroxyl groups is 1. The number of aliphatic hydroxyl groups excluding tert-OH is 1. The van der Waals surface area contributed by atoms with Gasteiger partial charge < -0.3 is 14.9 Å². The highest BCUT2D eigenvalue weighted by atomic mass is 19.1. The number of likely N-dealkylation sites (tertiary alicyclic amines) is 1. The van der Waals surface area contributed by atoms with E-state index in [4.69, 9.17) is 0 Å². The fourth-order valence-corrected chi connectivity index (χ4v) is 2.41. The van der Waals surface area contributed by atoms with Crippen molar-refractivity contribution in [2.24, 2.45) is 0 Å². The van der Waals surface area contributed by atoms with Crippen molar-refractivity contribution in [3.05, 3.63) is 35.6 Å². The van der Waals surface area contributed by atoms with E-state index < -0.39 is 6.10 Å². The molecule has 110 valence electrons. The van der Waals surface area contributed by atoms with Gasteiger partial charge in [-0.1, -0.05) is 12.1 Å². The van der Waals surface area contributed by atoms with Crippen molar-refractivity contribution < 1.29 is 14.3 Å². The average Bonchev–Trinajstić information content (AvgIpc) is 2.82. The predicted molar refractivity (Wildman–Crippen MR) is 74.7 cm³/mol. The molecule has 1 heterocycles. The molecule has 20 heavy (non-hydrogen) atoms. The standard InChI is InChI=1S/C15H21FN2O2/c1-17(9-10-18-8-2-3-15(18)20)11-14(19)12-4-6-13(16)7-5-12/h4-7,14,19H,2-3,8-11H2,1H3. The molecule has 1 atom stereocenters. The largest absolute Gasteiger partial charge is 0.387 e. The van der Waals surface area contributed by atoms with Gasteiger partial charge >= 0.3 is 0 Å². The minimum absolute atomic E-state index is 0.220. The smallest absolute Gasteiger partial charge is 0.222 e. The van der Waals surface area contributed by atoms with Crippen LogP contribution in [-0.2, 0) is 4.79 Å². The Morgan fingerprint density at radius 2 is 2.10 bits per heavy atom. The molecule has 0 aliphatic carbocycles. The molecule has 5 heteroatoms. The fraction of sp³-hybridized carbons (Fsp3) is 0.533. The lowest BCUT2D eigenvalue weighted by molar-refractivity contribution is -0.127. The maximum atomic E-state index is 12.8. The maximum absolute atomic E-state index is 12.8. The summed E-state index contributed by atoms with van der Waals surface area (Å²) in [4.78, 5) is 15.3. The van der Waals surface area contributed by atoms with Crippen molar-refractivity contribution in [1.29, 1.82) is 0 Å². The highest BCUT2D eigenvalue weighted by molar-refractivity contribution is 5.78. The Morgan fingerprint density at radius 1 is 1.40 bits per heavy atom. The number of hydrogen-bond donors (Lipinski definition) is 1. The summed E-state index contributed by atoms with van der Waals surface area (Å²) in [7, 11) is 1.91. The van der Waals surface area contributed by atoms with Crippen LogP contribution in [0.4, 0.5) is 4.39 Å². The number of hydrogen-bond acceptors (Lipinski definition) is 3. The second-order valence-electron chi connectivity index (χ2n) is 5.31. The Kier molecular flexibility index (Phi) is 5.09. The molecule has 1 aliphatic rings. The van der Waals surface area contributed by atoms with Gasteiger partial charge in [0.2, 0.25) is 5.91 Å². The second kappa shape index (κ2) is 6.81. The zero-order valence-corrected chi connectivity index (χ0v) is 11.8. The van der Waals surface area contributed by atoms with Gasteiger partial charge in [-0.25, -0.2) is 4.39 Å². The van der Waals surface area contributed by atoms with Crippen LogP contribution >= 0.6 is 0 Å². The Hall–Kier alpha value is -1.46. The SMILES string of the molecule is CN(CCN1CCCC1=O)CC(O)c1ccc(F)cc1. The third-order valence-corrected chi connectivity index (χ3v) is 3.66. The van der Waals surface area contributed by atoms with Crippen molar-refractivity contribution >= 4 is 5.91 Å². The lowest BCUT2D eigenvalue weighted by Gasteiger charge is -2.23. The molecule has 1 N–H and O–H groups in total. The molecule has 1 aromatic carbocycles. The zero-order chi connectivity index (χ0) is 14.5. The molecule has 1 saturated heterocycles. The second-order valence-corrected chi connectivity index (χ2v) is 5.31. The molecule has 1 aromatic rings. The van der Waals surface area contributed by atoms with Gasteiger partial charge in [-0.3, -0.25) is 4.79 Å². The van der Waals surface area contributed by atoms with Crippen LogP contribution in [0.15, 0.2) is 24.3 Å². The van der Waals surface area contributed by atoms with Gasteiger partial charge in [-0.2, -0.15) is 0 Å². The highest BCUT2D eigenvalue weighted by Gasteiger charge is 2.20. The Balaban J connectivity index is 1.77. The summed E-state index contributed by atoms with van der Waals surface area (Å²) in [6.07, 6.45) is 0.956. The predicted octanol–water partition coefficient (Wildman–Crippen LogP) is 1.41. The van der Waals surface area contributed by atoms with E-state index in [1.165, 1.54) is 12.1 Å². The van der Waals surface area contributed by atoms with E-state index in [2.05, 4.69) is 0 Å². The zero-order valence-electron chi connectivity index (χ0n) is 11.8. The van der Waals surface area contributed by atoms with Gasteiger partial charge in [0.15, 0.2) is 0 Å². The first kappa shape index (κ1) is 14.9. The third-order valence-electron chi connectivity index (χ3n) is 3.66. The molecule has 0 radical (unpaired) electrons. The number of rotatable bonds is 6. The third kappa shape index (κ3) is 4.02. The van der Waals surface area contributed by atoms with Crippen LogP contribution in [0.1, 0.15) is 24.5 Å². The van der Waals surface area contributed by atoms with Crippen LogP contribution < -0.4 is 0 Å². The summed E-state index contributed by atoms with van der Waals surface area (Å²) >= 11 is 0. The Bertz CT molecular complexity index is 450. The highest BCUT2D eigenvalue weighted by Crippen LogP contribution is 2.15. The van der Waals surface area contributed by atoms with Crippen LogP contribution in [0.25, 0.3) is 0 Å². The van der Waals surface area contributed by atoms with Crippen LogP contribution in [0.3, 0.4) is 0 Å². The number of nitrogens with zero attached hydrogens (tertiary/aromatic N) is 2. The summed E-state index contributed by atoms with van der Waals surface area (Å²) in [6, 6.07) is 5.89. The van der Waals surface area contributed by atoms with E-state index in [1.807, 2.05) is 16.8 Å². The van der Waals surface area contributed by atoms with Crippen molar-refractivity contribution in [3.63, 3.8) is 0 Å². The first-order valence-corrected chi connectivity index (χ1v) is 6.96. The van der Waals surface area contributed by atoms with E-state index in [-0.39, 0.29) is 11.7 Å². The average molecular weight is 280 g/mol. The normalized spacial score (nSPS) is 17.0. The number of likely N-dealkylation sites (N-methyl/N-ethyl adjacent to an activating group) is 1. The van der Waals surface area contributed by atoms with E-state index >= 15 is 0 Å². The monoisotopic (exact) mass is 280 g/mol. The first-order valence-electron chi connectivity index (χ1n) is 6.96. The van der Waals surface area contributed by atoms with Crippen molar-refractivity contribution in [1.82, 2.24) is 9.80 Å². The molecule has 2 rings (SSSR count). The number of halogens is 1. The minimum atomic E-state index is -0.644. The molecular formula is C15H21FN2O2. The molecule has 0 spiro atoms. The number of carbonyl (C=O) groups excluding carboxylic acids is 1. The summed E-state index contributed by atoms with van der Waals surface area (Å²) in [5.41, 5.74) is 0.704.